The van der Waals surface area contributed by atoms with Crippen molar-refractivity contribution in [3.05, 3.63) is 35.9 Å². The Bertz CT molecular complexity index is 517. The lowest BCUT2D eigenvalue weighted by Gasteiger charge is -2.36. The van der Waals surface area contributed by atoms with Gasteiger partial charge in [0.1, 0.15) is 0 Å². The molecule has 1 amide bonds. The quantitative estimate of drug-likeness (QED) is 0.585. The lowest BCUT2D eigenvalue weighted by molar-refractivity contribution is -0.123. The molecule has 3 unspecified atom stereocenters. The standard InChI is InChI=1S/C19H31N3O2/c1-4-19(5-2,22-14(3)15-9-7-6-8-10-15)13-21-18(24)17-11-16(23)12-20-17/h6-10,14,16-17,20,22-23H,4-5,11-13H2,1-3H3,(H,21,24). The Hall–Kier alpha value is -1.43. The van der Waals surface area contributed by atoms with Crippen LogP contribution in [0.15, 0.2) is 30.3 Å². The lowest BCUT2D eigenvalue weighted by Crippen LogP contribution is -2.55. The molecule has 5 nitrogen and oxygen atoms in total. The normalized spacial score (nSPS) is 22.3. The topological polar surface area (TPSA) is 73.4 Å². The van der Waals surface area contributed by atoms with E-state index < -0.39 is 6.10 Å². The number of hydrogen-bond donors (Lipinski definition) is 4. The van der Waals surface area contributed by atoms with E-state index in [1.165, 1.54) is 5.56 Å². The predicted octanol–water partition coefficient (Wildman–Crippen LogP) is 1.74. The maximum atomic E-state index is 12.3. The van der Waals surface area contributed by atoms with Gasteiger partial charge in [0, 0.05) is 24.7 Å². The third-order valence-electron chi connectivity index (χ3n) is 5.20. The van der Waals surface area contributed by atoms with Crippen molar-refractivity contribution in [2.75, 3.05) is 13.1 Å². The molecule has 1 fully saturated rings. The molecule has 0 aromatic heterocycles. The van der Waals surface area contributed by atoms with Crippen LogP contribution in [0.5, 0.6) is 0 Å². The van der Waals surface area contributed by atoms with E-state index in [1.807, 2.05) is 18.2 Å². The van der Waals surface area contributed by atoms with Gasteiger partial charge in [-0.3, -0.25) is 4.79 Å². The fourth-order valence-electron chi connectivity index (χ4n) is 3.34. The van der Waals surface area contributed by atoms with Gasteiger partial charge < -0.3 is 21.1 Å². The van der Waals surface area contributed by atoms with Crippen molar-refractivity contribution in [3.8, 4) is 0 Å². The molecule has 0 spiro atoms. The van der Waals surface area contributed by atoms with E-state index in [1.54, 1.807) is 0 Å². The Morgan fingerprint density at radius 1 is 1.33 bits per heavy atom. The SMILES string of the molecule is CCC(CC)(CNC(=O)C1CC(O)CN1)NC(C)c1ccccc1. The molecule has 24 heavy (non-hydrogen) atoms. The fraction of sp³-hybridized carbons (Fsp3) is 0.632. The predicted molar refractivity (Wildman–Crippen MR) is 96.7 cm³/mol. The Morgan fingerprint density at radius 2 is 2.00 bits per heavy atom. The molecule has 5 heteroatoms. The second kappa shape index (κ2) is 8.60. The van der Waals surface area contributed by atoms with Gasteiger partial charge in [0.2, 0.25) is 5.91 Å². The van der Waals surface area contributed by atoms with E-state index in [9.17, 15) is 9.90 Å². The highest BCUT2D eigenvalue weighted by Gasteiger charge is 2.32. The number of nitrogens with one attached hydrogen (secondary N) is 3. The van der Waals surface area contributed by atoms with Gasteiger partial charge in [-0.2, -0.15) is 0 Å². The van der Waals surface area contributed by atoms with Crippen molar-refractivity contribution >= 4 is 5.91 Å². The molecule has 1 aliphatic rings. The van der Waals surface area contributed by atoms with Crippen molar-refractivity contribution in [2.45, 2.75) is 63.8 Å². The van der Waals surface area contributed by atoms with Gasteiger partial charge in [-0.1, -0.05) is 44.2 Å². The van der Waals surface area contributed by atoms with Crippen LogP contribution in [0.2, 0.25) is 0 Å². The summed E-state index contributed by atoms with van der Waals surface area (Å²) in [6.45, 7) is 7.54. The number of β-amino-alcohol motifs (C(OH)–C–C–N with tert-alkyl or cyclic N) is 1. The highest BCUT2D eigenvalue weighted by Crippen LogP contribution is 2.21. The van der Waals surface area contributed by atoms with Gasteiger partial charge >= 0.3 is 0 Å². The molecule has 0 saturated carbocycles. The molecule has 2 rings (SSSR count). The molecule has 3 atom stereocenters. The summed E-state index contributed by atoms with van der Waals surface area (Å²) in [4.78, 5) is 12.3. The number of amides is 1. The zero-order valence-electron chi connectivity index (χ0n) is 15.0. The van der Waals surface area contributed by atoms with Gasteiger partial charge in [-0.15, -0.1) is 0 Å². The number of carbonyl (C=O) groups excluding carboxylic acids is 1. The van der Waals surface area contributed by atoms with E-state index in [2.05, 4.69) is 48.9 Å². The van der Waals surface area contributed by atoms with Crippen molar-refractivity contribution in [2.24, 2.45) is 0 Å². The second-order valence-corrected chi connectivity index (χ2v) is 6.83. The van der Waals surface area contributed by atoms with E-state index >= 15 is 0 Å². The van der Waals surface area contributed by atoms with Gasteiger partial charge in [-0.25, -0.2) is 0 Å². The highest BCUT2D eigenvalue weighted by atomic mass is 16.3. The number of aliphatic hydroxyl groups excluding tert-OH is 1. The largest absolute Gasteiger partial charge is 0.392 e. The summed E-state index contributed by atoms with van der Waals surface area (Å²) < 4.78 is 0. The van der Waals surface area contributed by atoms with Crippen molar-refractivity contribution < 1.29 is 9.90 Å². The Morgan fingerprint density at radius 3 is 2.54 bits per heavy atom. The molecule has 1 saturated heterocycles. The molecule has 4 N–H and O–H groups in total. The first-order valence-corrected chi connectivity index (χ1v) is 9.01. The summed E-state index contributed by atoms with van der Waals surface area (Å²) >= 11 is 0. The van der Waals surface area contributed by atoms with E-state index in [-0.39, 0.29) is 23.5 Å². The molecule has 1 heterocycles. The van der Waals surface area contributed by atoms with Gasteiger partial charge in [0.25, 0.3) is 0 Å². The Labute approximate surface area is 145 Å². The highest BCUT2D eigenvalue weighted by molar-refractivity contribution is 5.82. The zero-order valence-corrected chi connectivity index (χ0v) is 15.0. The minimum atomic E-state index is -0.418. The number of aliphatic hydroxyl groups is 1. The summed E-state index contributed by atoms with van der Waals surface area (Å²) in [5, 5.41) is 19.4. The molecular weight excluding hydrogens is 302 g/mol. The average Bonchev–Trinajstić information content (AvgIpc) is 3.05. The minimum absolute atomic E-state index is 0.0213. The van der Waals surface area contributed by atoms with Crippen LogP contribution in [0.4, 0.5) is 0 Å². The van der Waals surface area contributed by atoms with Crippen LogP contribution in [0.1, 0.15) is 51.6 Å². The number of carbonyl (C=O) groups is 1. The van der Waals surface area contributed by atoms with Crippen LogP contribution in [0, 0.1) is 0 Å². The number of rotatable bonds is 8. The van der Waals surface area contributed by atoms with Crippen molar-refractivity contribution in [1.82, 2.24) is 16.0 Å². The zero-order chi connectivity index (χ0) is 17.6. The minimum Gasteiger partial charge on any atom is -0.392 e. The van der Waals surface area contributed by atoms with Gasteiger partial charge in [-0.05, 0) is 31.7 Å². The molecule has 134 valence electrons. The van der Waals surface area contributed by atoms with Gasteiger partial charge in [0.15, 0.2) is 0 Å². The monoisotopic (exact) mass is 333 g/mol. The summed E-state index contributed by atoms with van der Waals surface area (Å²) in [5.74, 6) is -0.0213. The molecule has 0 radical (unpaired) electrons. The van der Waals surface area contributed by atoms with Crippen LogP contribution in [-0.4, -0.2) is 41.8 Å². The summed E-state index contributed by atoms with van der Waals surface area (Å²) in [7, 11) is 0. The van der Waals surface area contributed by atoms with Crippen molar-refractivity contribution in [1.29, 1.82) is 0 Å². The van der Waals surface area contributed by atoms with Crippen LogP contribution in [-0.2, 0) is 4.79 Å². The third-order valence-corrected chi connectivity index (χ3v) is 5.20. The lowest BCUT2D eigenvalue weighted by atomic mass is 9.90. The second-order valence-electron chi connectivity index (χ2n) is 6.83. The maximum absolute atomic E-state index is 12.3. The molecule has 1 aromatic rings. The Kier molecular flexibility index (Phi) is 6.78. The number of hydrogen-bond acceptors (Lipinski definition) is 4. The van der Waals surface area contributed by atoms with Crippen LogP contribution in [0.25, 0.3) is 0 Å². The first-order chi connectivity index (χ1) is 11.5. The molecule has 0 aliphatic carbocycles. The maximum Gasteiger partial charge on any atom is 0.237 e. The molecule has 0 bridgehead atoms. The first kappa shape index (κ1) is 18.9. The van der Waals surface area contributed by atoms with Crippen LogP contribution in [0.3, 0.4) is 0 Å². The van der Waals surface area contributed by atoms with Gasteiger partial charge in [0.05, 0.1) is 12.1 Å². The van der Waals surface area contributed by atoms with E-state index in [0.717, 1.165) is 12.8 Å². The first-order valence-electron chi connectivity index (χ1n) is 9.01. The molecule has 1 aromatic carbocycles. The third kappa shape index (κ3) is 4.79. The summed E-state index contributed by atoms with van der Waals surface area (Å²) in [6.07, 6.45) is 1.94. The summed E-state index contributed by atoms with van der Waals surface area (Å²) in [5.41, 5.74) is 1.11. The molecule has 1 aliphatic heterocycles. The molecular formula is C19H31N3O2. The fourth-order valence-corrected chi connectivity index (χ4v) is 3.34. The average molecular weight is 333 g/mol. The van der Waals surface area contributed by atoms with Crippen LogP contribution < -0.4 is 16.0 Å². The smallest absolute Gasteiger partial charge is 0.237 e. The van der Waals surface area contributed by atoms with E-state index in [4.69, 9.17) is 0 Å². The van der Waals surface area contributed by atoms with Crippen molar-refractivity contribution in [3.63, 3.8) is 0 Å². The van der Waals surface area contributed by atoms with Crippen LogP contribution >= 0.6 is 0 Å². The number of benzene rings is 1. The summed E-state index contributed by atoms with van der Waals surface area (Å²) in [6, 6.07) is 10.3. The Balaban J connectivity index is 1.95. The van der Waals surface area contributed by atoms with E-state index in [0.29, 0.717) is 19.5 Å².